The van der Waals surface area contributed by atoms with Gasteiger partial charge in [-0.25, -0.2) is 19.9 Å². The van der Waals surface area contributed by atoms with E-state index in [1.807, 2.05) is 92.7 Å². The smallest absolute Gasteiger partial charge is 0.232 e. The number of hydrogen-bond donors (Lipinski definition) is 6. The van der Waals surface area contributed by atoms with E-state index < -0.39 is 0 Å². The van der Waals surface area contributed by atoms with Gasteiger partial charge in [0, 0.05) is 55.3 Å². The van der Waals surface area contributed by atoms with E-state index in [1.54, 1.807) is 6.07 Å². The van der Waals surface area contributed by atoms with Crippen LogP contribution < -0.4 is 31.9 Å². The van der Waals surface area contributed by atoms with Crippen molar-refractivity contribution in [3.05, 3.63) is 132 Å². The Morgan fingerprint density at radius 1 is 0.534 bits per heavy atom. The lowest BCUT2D eigenvalue weighted by molar-refractivity contribution is -0.121. The van der Waals surface area contributed by atoms with Crippen LogP contribution in [0, 0.1) is 13.8 Å². The Kier molecular flexibility index (Phi) is 15.0. The first-order valence-corrected chi connectivity index (χ1v) is 19.2. The number of aromatic nitrogens is 6. The average Bonchev–Trinajstić information content (AvgIpc) is 3.24. The molecule has 6 rings (SSSR count). The third-order valence-corrected chi connectivity index (χ3v) is 9.06. The lowest BCUT2D eigenvalue weighted by Gasteiger charge is -2.15. The molecular weight excluding hydrogens is 733 g/mol. The van der Waals surface area contributed by atoms with Crippen molar-refractivity contribution in [1.29, 1.82) is 0 Å². The van der Waals surface area contributed by atoms with Crippen molar-refractivity contribution in [1.82, 2.24) is 29.9 Å². The Bertz CT molecular complexity index is 2240. The van der Waals surface area contributed by atoms with Gasteiger partial charge in [-0.1, -0.05) is 72.8 Å². The van der Waals surface area contributed by atoms with E-state index in [9.17, 15) is 9.59 Å². The van der Waals surface area contributed by atoms with Gasteiger partial charge < -0.3 is 36.6 Å². The Morgan fingerprint density at radius 3 is 1.53 bits per heavy atom. The van der Waals surface area contributed by atoms with Gasteiger partial charge in [-0.15, -0.1) is 0 Å². The second-order valence-corrected chi connectivity index (χ2v) is 13.4. The molecule has 0 aliphatic heterocycles. The zero-order valence-electron chi connectivity index (χ0n) is 32.7. The van der Waals surface area contributed by atoms with Gasteiger partial charge in [0.05, 0.1) is 6.61 Å². The van der Waals surface area contributed by atoms with Crippen molar-refractivity contribution < 1.29 is 14.3 Å². The van der Waals surface area contributed by atoms with Crippen molar-refractivity contribution in [2.45, 2.75) is 52.6 Å². The molecule has 2 heterocycles. The van der Waals surface area contributed by atoms with Crippen molar-refractivity contribution in [3.8, 4) is 0 Å². The molecule has 0 saturated carbocycles. The number of nitrogens with one attached hydrogen (secondary N) is 6. The maximum Gasteiger partial charge on any atom is 0.232 e. The fourth-order valence-electron chi connectivity index (χ4n) is 5.87. The van der Waals surface area contributed by atoms with Crippen LogP contribution in [0.5, 0.6) is 0 Å². The van der Waals surface area contributed by atoms with Crippen molar-refractivity contribution in [3.63, 3.8) is 0 Å². The third kappa shape index (κ3) is 12.8. The van der Waals surface area contributed by atoms with Gasteiger partial charge >= 0.3 is 0 Å². The number of nitrogens with zero attached hydrogens (tertiary/aromatic N) is 6. The molecule has 6 N–H and O–H groups in total. The number of ether oxygens (including phenoxy) is 1. The molecular formula is C43H48N12O3. The monoisotopic (exact) mass is 780 g/mol. The van der Waals surface area contributed by atoms with Gasteiger partial charge in [0.15, 0.2) is 0 Å². The van der Waals surface area contributed by atoms with E-state index >= 15 is 0 Å². The SMILES string of the molecule is Cc1c(NC(=O)CCC(=O)Nc2cccc(Nc3ncnc(NCCCc4ccccc4)n3)c2C)cccc1Nc1ncnc(NCCCOCc2ccccc2)n1. The fraction of sp³-hybridized carbons (Fsp3) is 0.256. The number of carbonyl (C=O) groups excluding carboxylic acids is 2. The first-order valence-electron chi connectivity index (χ1n) is 19.2. The maximum atomic E-state index is 13.0. The summed E-state index contributed by atoms with van der Waals surface area (Å²) >= 11 is 0. The molecule has 0 aliphatic rings. The molecule has 2 amide bonds. The number of carbonyl (C=O) groups is 2. The highest BCUT2D eigenvalue weighted by molar-refractivity contribution is 5.98. The van der Waals surface area contributed by atoms with Gasteiger partial charge in [0.1, 0.15) is 12.7 Å². The predicted molar refractivity (Wildman–Crippen MR) is 228 cm³/mol. The van der Waals surface area contributed by atoms with Crippen LogP contribution in [0.4, 0.5) is 46.5 Å². The Labute approximate surface area is 338 Å². The first kappa shape index (κ1) is 40.7. The number of benzene rings is 4. The molecule has 58 heavy (non-hydrogen) atoms. The van der Waals surface area contributed by atoms with Gasteiger partial charge in [-0.05, 0) is 79.6 Å². The fourth-order valence-corrected chi connectivity index (χ4v) is 5.87. The molecule has 2 aromatic heterocycles. The molecule has 298 valence electrons. The molecule has 0 atom stereocenters. The van der Waals surface area contributed by atoms with E-state index in [1.165, 1.54) is 18.2 Å². The summed E-state index contributed by atoms with van der Waals surface area (Å²) in [5, 5.41) is 18.8. The van der Waals surface area contributed by atoms with Crippen LogP contribution >= 0.6 is 0 Å². The average molecular weight is 781 g/mol. The summed E-state index contributed by atoms with van der Waals surface area (Å²) in [6.07, 6.45) is 5.54. The van der Waals surface area contributed by atoms with E-state index in [0.29, 0.717) is 54.9 Å². The summed E-state index contributed by atoms with van der Waals surface area (Å²) in [4.78, 5) is 51.9. The second kappa shape index (κ2) is 21.3. The second-order valence-electron chi connectivity index (χ2n) is 13.4. The largest absolute Gasteiger partial charge is 0.377 e. The van der Waals surface area contributed by atoms with E-state index in [2.05, 4.69) is 73.9 Å². The highest BCUT2D eigenvalue weighted by Gasteiger charge is 2.14. The lowest BCUT2D eigenvalue weighted by atomic mass is 10.1. The molecule has 0 bridgehead atoms. The van der Waals surface area contributed by atoms with E-state index in [0.717, 1.165) is 53.9 Å². The highest BCUT2D eigenvalue weighted by Crippen LogP contribution is 2.27. The Morgan fingerprint density at radius 2 is 1.00 bits per heavy atom. The van der Waals surface area contributed by atoms with Crippen molar-refractivity contribution in [2.24, 2.45) is 0 Å². The zero-order chi connectivity index (χ0) is 40.4. The van der Waals surface area contributed by atoms with Crippen LogP contribution in [0.3, 0.4) is 0 Å². The summed E-state index contributed by atoms with van der Waals surface area (Å²) in [5.41, 5.74) is 6.67. The first-order chi connectivity index (χ1) is 28.4. The van der Waals surface area contributed by atoms with Gasteiger partial charge in [0.2, 0.25) is 35.6 Å². The van der Waals surface area contributed by atoms with Crippen LogP contribution in [0.15, 0.2) is 110 Å². The van der Waals surface area contributed by atoms with Crippen LogP contribution in [0.2, 0.25) is 0 Å². The van der Waals surface area contributed by atoms with Crippen molar-refractivity contribution >= 4 is 58.4 Å². The van der Waals surface area contributed by atoms with Crippen LogP contribution in [0.1, 0.15) is 47.9 Å². The predicted octanol–water partition coefficient (Wildman–Crippen LogP) is 7.58. The molecule has 6 aromatic rings. The molecule has 4 aromatic carbocycles. The molecule has 0 aliphatic carbocycles. The van der Waals surface area contributed by atoms with Crippen LogP contribution in [-0.2, 0) is 27.4 Å². The number of aryl methyl sites for hydroxylation is 1. The van der Waals surface area contributed by atoms with E-state index in [-0.39, 0.29) is 24.7 Å². The van der Waals surface area contributed by atoms with Gasteiger partial charge in [0.25, 0.3) is 0 Å². The minimum Gasteiger partial charge on any atom is -0.377 e. The lowest BCUT2D eigenvalue weighted by Crippen LogP contribution is -2.18. The molecule has 0 unspecified atom stereocenters. The van der Waals surface area contributed by atoms with Crippen molar-refractivity contribution in [2.75, 3.05) is 51.6 Å². The van der Waals surface area contributed by atoms with Crippen LogP contribution in [-0.4, -0.2) is 61.4 Å². The topological polar surface area (TPSA) is 193 Å². The molecule has 0 spiro atoms. The molecule has 15 nitrogen and oxygen atoms in total. The molecule has 15 heteroatoms. The molecule has 0 radical (unpaired) electrons. The zero-order valence-corrected chi connectivity index (χ0v) is 32.7. The third-order valence-electron chi connectivity index (χ3n) is 9.06. The van der Waals surface area contributed by atoms with Gasteiger partial charge in [-0.3, -0.25) is 9.59 Å². The standard InChI is InChI=1S/C43H48N12O3/c1-30-34(18-9-20-36(30)52-42-48-28-46-40(54-42)44-24-11-17-32-13-5-3-6-14-32)50-38(56)22-23-39(57)51-35-19-10-21-37(31(35)2)53-43-49-29-47-41(55-43)45-25-12-26-58-27-33-15-7-4-8-16-33/h3-10,13-16,18-21,28-29H,11-12,17,22-27H2,1-2H3,(H,50,56)(H,51,57)(H2,44,46,48,52,54)(H2,45,47,49,53,55). The summed E-state index contributed by atoms with van der Waals surface area (Å²) in [5.74, 6) is 1.07. The van der Waals surface area contributed by atoms with Gasteiger partial charge in [-0.2, -0.15) is 9.97 Å². The molecule has 0 saturated heterocycles. The number of anilines is 8. The number of hydrogen-bond acceptors (Lipinski definition) is 13. The number of rotatable bonds is 21. The Hall–Kier alpha value is -7.00. The minimum absolute atomic E-state index is 0.00747. The minimum atomic E-state index is -0.291. The summed E-state index contributed by atoms with van der Waals surface area (Å²) < 4.78 is 5.74. The summed E-state index contributed by atoms with van der Waals surface area (Å²) in [7, 11) is 0. The van der Waals surface area contributed by atoms with Crippen LogP contribution in [0.25, 0.3) is 0 Å². The number of amides is 2. The summed E-state index contributed by atoms with van der Waals surface area (Å²) in [6, 6.07) is 31.4. The quantitative estimate of drug-likeness (QED) is 0.0392. The Balaban J connectivity index is 0.930. The maximum absolute atomic E-state index is 13.0. The highest BCUT2D eigenvalue weighted by atomic mass is 16.5. The summed E-state index contributed by atoms with van der Waals surface area (Å²) in [6.45, 7) is 6.30. The van der Waals surface area contributed by atoms with E-state index in [4.69, 9.17) is 4.74 Å². The molecule has 0 fully saturated rings. The normalized spacial score (nSPS) is 10.7.